The van der Waals surface area contributed by atoms with Gasteiger partial charge in [0.25, 0.3) is 5.91 Å². The van der Waals surface area contributed by atoms with Crippen LogP contribution in [0.5, 0.6) is 0 Å². The summed E-state index contributed by atoms with van der Waals surface area (Å²) >= 11 is 6.86. The van der Waals surface area contributed by atoms with Crippen molar-refractivity contribution in [1.82, 2.24) is 0 Å². The Balaban J connectivity index is 2.17. The highest BCUT2D eigenvalue weighted by atomic mass is 35.5. The molecule has 25 heavy (non-hydrogen) atoms. The Morgan fingerprint density at radius 2 is 1.76 bits per heavy atom. The molecule has 1 aliphatic rings. The maximum absolute atomic E-state index is 13.2. The number of anilines is 1. The van der Waals surface area contributed by atoms with E-state index in [9.17, 15) is 9.59 Å². The summed E-state index contributed by atoms with van der Waals surface area (Å²) in [4.78, 5) is 25.5. The van der Waals surface area contributed by atoms with Crippen LogP contribution in [0.3, 0.4) is 0 Å². The van der Waals surface area contributed by atoms with Crippen LogP contribution < -0.4 is 4.90 Å². The Morgan fingerprint density at radius 1 is 1.12 bits per heavy atom. The Labute approximate surface area is 152 Å². The number of amides is 2. The fraction of sp³-hybridized carbons (Fsp3) is 0.300. The summed E-state index contributed by atoms with van der Waals surface area (Å²) in [6, 6.07) is 14.5. The Hall–Kier alpha value is -2.33. The first-order valence-corrected chi connectivity index (χ1v) is 8.45. The highest BCUT2D eigenvalue weighted by molar-refractivity contribution is 6.44. The van der Waals surface area contributed by atoms with Gasteiger partial charge in [0, 0.05) is 5.56 Å². The van der Waals surface area contributed by atoms with Gasteiger partial charge in [-0.25, -0.2) is 9.69 Å². The lowest BCUT2D eigenvalue weighted by Crippen LogP contribution is -2.43. The second kappa shape index (κ2) is 5.88. The van der Waals surface area contributed by atoms with Gasteiger partial charge in [-0.1, -0.05) is 59.6 Å². The highest BCUT2D eigenvalue weighted by Crippen LogP contribution is 2.49. The first-order valence-electron chi connectivity index (χ1n) is 8.08. The van der Waals surface area contributed by atoms with Crippen LogP contribution in [0, 0.1) is 6.92 Å². The molecular formula is C20H20ClNO3. The van der Waals surface area contributed by atoms with Gasteiger partial charge < -0.3 is 4.74 Å². The minimum absolute atomic E-state index is 0.462. The molecular weight excluding hydrogens is 338 g/mol. The number of imide groups is 1. The average molecular weight is 358 g/mol. The van der Waals surface area contributed by atoms with Crippen LogP contribution in [-0.2, 0) is 14.4 Å². The Bertz CT molecular complexity index is 842. The molecule has 130 valence electrons. The number of aryl methyl sites for hydroxylation is 1. The number of carbonyl (C=O) groups is 2. The van der Waals surface area contributed by atoms with Crippen LogP contribution in [0.4, 0.5) is 10.5 Å². The van der Waals surface area contributed by atoms with Crippen molar-refractivity contribution >= 4 is 29.3 Å². The number of fused-ring (bicyclic) bond motifs is 1. The molecule has 2 aromatic rings. The number of alkyl halides is 1. The van der Waals surface area contributed by atoms with Crippen molar-refractivity contribution in [3.8, 4) is 0 Å². The molecule has 5 heteroatoms. The second-order valence-corrected chi connectivity index (χ2v) is 7.73. The van der Waals surface area contributed by atoms with E-state index in [1.807, 2.05) is 37.3 Å². The van der Waals surface area contributed by atoms with Gasteiger partial charge in [-0.2, -0.15) is 0 Å². The smallest absolute Gasteiger partial charge is 0.421 e. The maximum Gasteiger partial charge on any atom is 0.421 e. The molecule has 0 saturated heterocycles. The number of carbonyl (C=O) groups excluding carboxylic acids is 2. The van der Waals surface area contributed by atoms with Crippen LogP contribution >= 0.6 is 11.6 Å². The number of benzene rings is 2. The highest BCUT2D eigenvalue weighted by Gasteiger charge is 2.54. The summed E-state index contributed by atoms with van der Waals surface area (Å²) in [5, 5.41) is 0. The summed E-state index contributed by atoms with van der Waals surface area (Å²) in [6.45, 7) is 7.19. The summed E-state index contributed by atoms with van der Waals surface area (Å²) in [5.41, 5.74) is 1.92. The summed E-state index contributed by atoms with van der Waals surface area (Å²) in [6.07, 6.45) is -0.721. The zero-order chi connectivity index (χ0) is 18.4. The van der Waals surface area contributed by atoms with Crippen molar-refractivity contribution in [3.05, 3.63) is 65.2 Å². The first-order chi connectivity index (χ1) is 11.6. The fourth-order valence-electron chi connectivity index (χ4n) is 2.94. The van der Waals surface area contributed by atoms with E-state index in [1.54, 1.807) is 39.0 Å². The topological polar surface area (TPSA) is 46.6 Å². The molecule has 0 saturated carbocycles. The molecule has 0 unspecified atom stereocenters. The van der Waals surface area contributed by atoms with E-state index >= 15 is 0 Å². The van der Waals surface area contributed by atoms with Crippen molar-refractivity contribution < 1.29 is 14.3 Å². The van der Waals surface area contributed by atoms with Gasteiger partial charge in [0.05, 0.1) is 5.69 Å². The molecule has 1 atom stereocenters. The van der Waals surface area contributed by atoms with Crippen molar-refractivity contribution in [1.29, 1.82) is 0 Å². The predicted molar refractivity (Wildman–Crippen MR) is 98.0 cm³/mol. The monoisotopic (exact) mass is 357 g/mol. The van der Waals surface area contributed by atoms with Gasteiger partial charge in [-0.15, -0.1) is 0 Å². The maximum atomic E-state index is 13.2. The van der Waals surface area contributed by atoms with Crippen LogP contribution in [0.15, 0.2) is 48.5 Å². The Kier molecular flexibility index (Phi) is 4.12. The van der Waals surface area contributed by atoms with Gasteiger partial charge in [0.2, 0.25) is 0 Å². The van der Waals surface area contributed by atoms with Crippen molar-refractivity contribution in [2.24, 2.45) is 0 Å². The van der Waals surface area contributed by atoms with Crippen LogP contribution in [0.25, 0.3) is 0 Å². The molecule has 0 radical (unpaired) electrons. The molecule has 0 spiro atoms. The van der Waals surface area contributed by atoms with Crippen LogP contribution in [0.2, 0.25) is 0 Å². The zero-order valence-corrected chi connectivity index (χ0v) is 15.4. The van der Waals surface area contributed by atoms with E-state index in [4.69, 9.17) is 16.3 Å². The molecule has 2 amide bonds. The number of hydrogen-bond donors (Lipinski definition) is 0. The van der Waals surface area contributed by atoms with Gasteiger partial charge in [-0.05, 0) is 39.3 Å². The molecule has 4 nitrogen and oxygen atoms in total. The number of nitrogens with zero attached hydrogens (tertiary/aromatic N) is 1. The lowest BCUT2D eigenvalue weighted by Gasteiger charge is -2.25. The van der Waals surface area contributed by atoms with E-state index in [2.05, 4.69) is 0 Å². The van der Waals surface area contributed by atoms with Gasteiger partial charge in [-0.3, -0.25) is 4.79 Å². The first kappa shape index (κ1) is 17.5. The van der Waals surface area contributed by atoms with Gasteiger partial charge in [0.15, 0.2) is 4.87 Å². The molecule has 0 fully saturated rings. The fourth-order valence-corrected chi connectivity index (χ4v) is 3.30. The minimum atomic E-state index is -1.44. The van der Waals surface area contributed by atoms with Crippen molar-refractivity contribution in [2.75, 3.05) is 4.90 Å². The predicted octanol–water partition coefficient (Wildman–Crippen LogP) is 4.76. The third-order valence-corrected chi connectivity index (χ3v) is 4.59. The van der Waals surface area contributed by atoms with Crippen molar-refractivity contribution in [3.63, 3.8) is 0 Å². The molecule has 0 bridgehead atoms. The van der Waals surface area contributed by atoms with E-state index in [0.29, 0.717) is 16.8 Å². The summed E-state index contributed by atoms with van der Waals surface area (Å²) < 4.78 is 5.42. The minimum Gasteiger partial charge on any atom is -0.443 e. The third-order valence-electron chi connectivity index (χ3n) is 4.01. The Morgan fingerprint density at radius 3 is 2.36 bits per heavy atom. The normalized spacial score (nSPS) is 19.7. The standard InChI is InChI=1S/C20H20ClNO3/c1-13-10-11-16-15(12-13)20(21,14-8-6-5-7-9-14)17(23)22(16)18(24)25-19(2,3)4/h5-12H,1-4H3/t20-/m1/s1. The molecule has 1 aliphatic heterocycles. The lowest BCUT2D eigenvalue weighted by atomic mass is 9.91. The second-order valence-electron chi connectivity index (χ2n) is 7.17. The molecule has 0 aliphatic carbocycles. The van der Waals surface area contributed by atoms with E-state index in [-0.39, 0.29) is 0 Å². The van der Waals surface area contributed by atoms with Crippen LogP contribution in [-0.4, -0.2) is 17.6 Å². The summed E-state index contributed by atoms with van der Waals surface area (Å²) in [5.74, 6) is -0.518. The van der Waals surface area contributed by atoms with Gasteiger partial charge >= 0.3 is 6.09 Å². The quantitative estimate of drug-likeness (QED) is 0.691. The van der Waals surface area contributed by atoms with Crippen LogP contribution in [0.1, 0.15) is 37.5 Å². The third kappa shape index (κ3) is 2.91. The molecule has 3 rings (SSSR count). The number of ether oxygens (including phenoxy) is 1. The molecule has 2 aromatic carbocycles. The zero-order valence-electron chi connectivity index (χ0n) is 14.7. The van der Waals surface area contributed by atoms with E-state index < -0.39 is 22.5 Å². The average Bonchev–Trinajstić information content (AvgIpc) is 2.76. The number of halogens is 1. The molecule has 1 heterocycles. The number of hydrogen-bond acceptors (Lipinski definition) is 3. The largest absolute Gasteiger partial charge is 0.443 e. The number of rotatable bonds is 1. The van der Waals surface area contributed by atoms with E-state index in [0.717, 1.165) is 10.5 Å². The van der Waals surface area contributed by atoms with Crippen molar-refractivity contribution in [2.45, 2.75) is 38.2 Å². The lowest BCUT2D eigenvalue weighted by molar-refractivity contribution is -0.119. The summed E-state index contributed by atoms with van der Waals surface area (Å²) in [7, 11) is 0. The van der Waals surface area contributed by atoms with E-state index in [1.165, 1.54) is 0 Å². The van der Waals surface area contributed by atoms with Gasteiger partial charge in [0.1, 0.15) is 5.60 Å². The molecule has 0 N–H and O–H groups in total. The SMILES string of the molecule is Cc1ccc2c(c1)[C@](Cl)(c1ccccc1)C(=O)N2C(=O)OC(C)(C)C. The molecule has 0 aromatic heterocycles.